The Balaban J connectivity index is 1.62. The van der Waals surface area contributed by atoms with E-state index in [2.05, 4.69) is 28.6 Å². The van der Waals surface area contributed by atoms with Crippen LogP contribution in [0.4, 0.5) is 5.69 Å². The Morgan fingerprint density at radius 1 is 1.33 bits per heavy atom. The molecule has 1 aliphatic rings. The molecule has 3 nitrogen and oxygen atoms in total. The zero-order valence-electron chi connectivity index (χ0n) is 12.4. The molecule has 1 aromatic heterocycles. The lowest BCUT2D eigenvalue weighted by Crippen LogP contribution is -2.39. The number of hydrogen-bond acceptors (Lipinski definition) is 3. The van der Waals surface area contributed by atoms with Crippen molar-refractivity contribution in [3.05, 3.63) is 51.7 Å². The fraction of sp³-hybridized carbons (Fsp3) is 0.353. The largest absolute Gasteiger partial charge is 0.325 e. The first-order chi connectivity index (χ1) is 10.1. The van der Waals surface area contributed by atoms with Crippen LogP contribution in [-0.2, 0) is 11.2 Å². The molecule has 0 radical (unpaired) electrons. The first-order valence-corrected chi connectivity index (χ1v) is 8.18. The van der Waals surface area contributed by atoms with Crippen LogP contribution in [0, 0.1) is 6.92 Å². The summed E-state index contributed by atoms with van der Waals surface area (Å²) in [6.07, 6.45) is 1.05. The molecule has 2 aromatic rings. The predicted molar refractivity (Wildman–Crippen MR) is 87.8 cm³/mol. The summed E-state index contributed by atoms with van der Waals surface area (Å²) in [5.41, 5.74) is 3.45. The second-order valence-electron chi connectivity index (χ2n) is 5.61. The van der Waals surface area contributed by atoms with Gasteiger partial charge in [0.2, 0.25) is 5.91 Å². The monoisotopic (exact) mass is 300 g/mol. The molecule has 1 amide bonds. The summed E-state index contributed by atoms with van der Waals surface area (Å²) in [4.78, 5) is 15.9. The van der Waals surface area contributed by atoms with Crippen molar-refractivity contribution in [3.63, 3.8) is 0 Å². The van der Waals surface area contributed by atoms with Gasteiger partial charge in [-0.25, -0.2) is 0 Å². The number of aryl methyl sites for hydroxylation is 1. The zero-order valence-corrected chi connectivity index (χ0v) is 13.2. The molecule has 1 N–H and O–H groups in total. The summed E-state index contributed by atoms with van der Waals surface area (Å²) < 4.78 is 0. The van der Waals surface area contributed by atoms with Crippen molar-refractivity contribution in [1.82, 2.24) is 4.90 Å². The van der Waals surface area contributed by atoms with Crippen LogP contribution in [0.3, 0.4) is 0 Å². The van der Waals surface area contributed by atoms with Crippen molar-refractivity contribution >= 4 is 22.9 Å². The third-order valence-electron chi connectivity index (χ3n) is 4.09. The van der Waals surface area contributed by atoms with Crippen LogP contribution >= 0.6 is 11.3 Å². The molecule has 110 valence electrons. The van der Waals surface area contributed by atoms with Crippen molar-refractivity contribution in [1.29, 1.82) is 0 Å². The molecular weight excluding hydrogens is 280 g/mol. The highest BCUT2D eigenvalue weighted by Crippen LogP contribution is 2.32. The maximum absolute atomic E-state index is 12.2. The quantitative estimate of drug-likeness (QED) is 0.939. The van der Waals surface area contributed by atoms with E-state index in [-0.39, 0.29) is 5.91 Å². The molecule has 0 aliphatic carbocycles. The van der Waals surface area contributed by atoms with Crippen molar-refractivity contribution in [2.24, 2.45) is 0 Å². The Morgan fingerprint density at radius 2 is 2.10 bits per heavy atom. The van der Waals surface area contributed by atoms with E-state index in [0.717, 1.165) is 18.7 Å². The van der Waals surface area contributed by atoms with Gasteiger partial charge in [0.25, 0.3) is 0 Å². The predicted octanol–water partition coefficient (Wildman–Crippen LogP) is 3.61. The molecule has 0 saturated heterocycles. The van der Waals surface area contributed by atoms with Crippen LogP contribution < -0.4 is 5.32 Å². The minimum atomic E-state index is 0.0596. The van der Waals surface area contributed by atoms with Gasteiger partial charge in [-0.05, 0) is 49.4 Å². The van der Waals surface area contributed by atoms with E-state index < -0.39 is 0 Å². The summed E-state index contributed by atoms with van der Waals surface area (Å²) in [6, 6.07) is 10.4. The van der Waals surface area contributed by atoms with Crippen LogP contribution in [0.1, 0.15) is 29.0 Å². The van der Waals surface area contributed by atoms with Crippen molar-refractivity contribution in [2.75, 3.05) is 18.4 Å². The molecule has 4 heteroatoms. The Bertz CT molecular complexity index is 632. The van der Waals surface area contributed by atoms with E-state index >= 15 is 0 Å². The Labute approximate surface area is 129 Å². The summed E-state index contributed by atoms with van der Waals surface area (Å²) in [6.45, 7) is 5.63. The number of amides is 1. The topological polar surface area (TPSA) is 32.3 Å². The molecule has 0 unspecified atom stereocenters. The minimum Gasteiger partial charge on any atom is -0.325 e. The number of carbonyl (C=O) groups excluding carboxylic acids is 1. The van der Waals surface area contributed by atoms with E-state index in [1.54, 1.807) is 0 Å². The van der Waals surface area contributed by atoms with Crippen LogP contribution in [0.25, 0.3) is 0 Å². The standard InChI is InChI=1S/C17H20N2OS/c1-12-3-5-14(6-4-12)18-17(20)11-19-9-7-16-15(13(19)2)8-10-21-16/h3-6,8,10,13H,7,9,11H2,1-2H3,(H,18,20)/t13-/m1/s1. The van der Waals surface area contributed by atoms with Gasteiger partial charge in [-0.1, -0.05) is 17.7 Å². The summed E-state index contributed by atoms with van der Waals surface area (Å²) in [5.74, 6) is 0.0596. The first kappa shape index (κ1) is 14.3. The zero-order chi connectivity index (χ0) is 14.8. The third-order valence-corrected chi connectivity index (χ3v) is 5.08. The molecule has 1 atom stereocenters. The normalized spacial score (nSPS) is 18.3. The van der Waals surface area contributed by atoms with Gasteiger partial charge in [-0.15, -0.1) is 11.3 Å². The number of fused-ring (bicyclic) bond motifs is 1. The summed E-state index contributed by atoms with van der Waals surface area (Å²) in [7, 11) is 0. The molecule has 2 heterocycles. The third kappa shape index (κ3) is 3.17. The van der Waals surface area contributed by atoms with Crippen LogP contribution in [0.5, 0.6) is 0 Å². The maximum atomic E-state index is 12.2. The molecule has 3 rings (SSSR count). The highest BCUT2D eigenvalue weighted by atomic mass is 32.1. The number of hydrogen-bond donors (Lipinski definition) is 1. The van der Waals surface area contributed by atoms with Crippen molar-refractivity contribution in [2.45, 2.75) is 26.3 Å². The summed E-state index contributed by atoms with van der Waals surface area (Å²) in [5, 5.41) is 5.13. The van der Waals surface area contributed by atoms with Crippen LogP contribution in [-0.4, -0.2) is 23.9 Å². The molecule has 1 aliphatic heterocycles. The van der Waals surface area contributed by atoms with Gasteiger partial charge in [-0.2, -0.15) is 0 Å². The smallest absolute Gasteiger partial charge is 0.238 e. The number of rotatable bonds is 3. The van der Waals surface area contributed by atoms with Gasteiger partial charge in [-0.3, -0.25) is 9.69 Å². The van der Waals surface area contributed by atoms with Gasteiger partial charge in [0.1, 0.15) is 0 Å². The molecule has 0 fully saturated rings. The fourth-order valence-corrected chi connectivity index (χ4v) is 3.76. The SMILES string of the molecule is Cc1ccc(NC(=O)CN2CCc3sccc3[C@H]2C)cc1. The van der Waals surface area contributed by atoms with E-state index in [1.807, 2.05) is 42.5 Å². The number of thiophene rings is 1. The van der Waals surface area contributed by atoms with Crippen molar-refractivity contribution in [3.8, 4) is 0 Å². The second-order valence-corrected chi connectivity index (χ2v) is 6.61. The number of carbonyl (C=O) groups is 1. The van der Waals surface area contributed by atoms with Crippen LogP contribution in [0.15, 0.2) is 35.7 Å². The lowest BCUT2D eigenvalue weighted by Gasteiger charge is -2.32. The minimum absolute atomic E-state index is 0.0596. The molecular formula is C17H20N2OS. The highest BCUT2D eigenvalue weighted by molar-refractivity contribution is 7.10. The van der Waals surface area contributed by atoms with Gasteiger partial charge in [0.15, 0.2) is 0 Å². The van der Waals surface area contributed by atoms with E-state index in [1.165, 1.54) is 16.0 Å². The molecule has 1 aromatic carbocycles. The Morgan fingerprint density at radius 3 is 2.86 bits per heavy atom. The lowest BCUT2D eigenvalue weighted by atomic mass is 10.0. The van der Waals surface area contributed by atoms with Crippen molar-refractivity contribution < 1.29 is 4.79 Å². The fourth-order valence-electron chi connectivity index (χ4n) is 2.80. The van der Waals surface area contributed by atoms with Gasteiger partial charge < -0.3 is 5.32 Å². The molecule has 0 spiro atoms. The van der Waals surface area contributed by atoms with E-state index in [4.69, 9.17) is 0 Å². The van der Waals surface area contributed by atoms with Gasteiger partial charge in [0, 0.05) is 23.2 Å². The Kier molecular flexibility index (Phi) is 4.08. The number of anilines is 1. The van der Waals surface area contributed by atoms with Crippen LogP contribution in [0.2, 0.25) is 0 Å². The van der Waals surface area contributed by atoms with E-state index in [9.17, 15) is 4.79 Å². The number of nitrogens with one attached hydrogen (secondary N) is 1. The molecule has 21 heavy (non-hydrogen) atoms. The number of benzene rings is 1. The van der Waals surface area contributed by atoms with Gasteiger partial charge >= 0.3 is 0 Å². The highest BCUT2D eigenvalue weighted by Gasteiger charge is 2.25. The lowest BCUT2D eigenvalue weighted by molar-refractivity contribution is -0.117. The van der Waals surface area contributed by atoms with E-state index in [0.29, 0.717) is 12.6 Å². The molecule has 0 bridgehead atoms. The average molecular weight is 300 g/mol. The number of nitrogens with zero attached hydrogens (tertiary/aromatic N) is 1. The summed E-state index contributed by atoms with van der Waals surface area (Å²) >= 11 is 1.83. The maximum Gasteiger partial charge on any atom is 0.238 e. The average Bonchev–Trinajstić information content (AvgIpc) is 2.94. The second kappa shape index (κ2) is 6.00. The van der Waals surface area contributed by atoms with Gasteiger partial charge in [0.05, 0.1) is 6.54 Å². The Hall–Kier alpha value is -1.65. The first-order valence-electron chi connectivity index (χ1n) is 7.30. The molecule has 0 saturated carbocycles.